The zero-order chi connectivity index (χ0) is 14.5. The number of likely N-dealkylation sites (tertiary alicyclic amines) is 1. The lowest BCUT2D eigenvalue weighted by Crippen LogP contribution is -2.46. The highest BCUT2D eigenvalue weighted by molar-refractivity contribution is 4.91. The maximum absolute atomic E-state index is 3.65. The van der Waals surface area contributed by atoms with E-state index in [9.17, 15) is 0 Å². The molecule has 1 heterocycles. The minimum absolute atomic E-state index is 0.739. The number of hydrogen-bond acceptors (Lipinski definition) is 2. The standard InChI is InChI=1S/C18H36N2/c1-14(2)12-19-13-15(3)16(4)20-11-7-10-18(20)17-8-5-6-9-17/h14-19H,5-13H2,1-4H3. The Morgan fingerprint density at radius 2 is 1.65 bits per heavy atom. The van der Waals surface area contributed by atoms with Crippen LogP contribution >= 0.6 is 0 Å². The third kappa shape index (κ3) is 4.21. The predicted octanol–water partition coefficient (Wildman–Crippen LogP) is 3.91. The van der Waals surface area contributed by atoms with Crippen molar-refractivity contribution in [2.45, 2.75) is 78.3 Å². The monoisotopic (exact) mass is 280 g/mol. The number of nitrogens with one attached hydrogen (secondary N) is 1. The highest BCUT2D eigenvalue weighted by atomic mass is 15.2. The molecule has 0 bridgehead atoms. The average molecular weight is 280 g/mol. The molecule has 0 amide bonds. The summed E-state index contributed by atoms with van der Waals surface area (Å²) in [6.45, 7) is 13.2. The van der Waals surface area contributed by atoms with Gasteiger partial charge < -0.3 is 5.32 Å². The molecule has 2 nitrogen and oxygen atoms in total. The molecule has 1 aliphatic heterocycles. The lowest BCUT2D eigenvalue weighted by Gasteiger charge is -2.37. The Hall–Kier alpha value is -0.0800. The van der Waals surface area contributed by atoms with E-state index in [1.807, 2.05) is 0 Å². The van der Waals surface area contributed by atoms with Gasteiger partial charge in [0.2, 0.25) is 0 Å². The second-order valence-corrected chi connectivity index (χ2v) is 7.76. The minimum Gasteiger partial charge on any atom is -0.316 e. The predicted molar refractivity (Wildman–Crippen MR) is 88.0 cm³/mol. The van der Waals surface area contributed by atoms with E-state index >= 15 is 0 Å². The highest BCUT2D eigenvalue weighted by Gasteiger charge is 2.36. The Bertz CT molecular complexity index is 271. The van der Waals surface area contributed by atoms with E-state index < -0.39 is 0 Å². The third-order valence-electron chi connectivity index (χ3n) is 5.65. The van der Waals surface area contributed by atoms with Crippen molar-refractivity contribution >= 4 is 0 Å². The molecule has 1 aliphatic carbocycles. The molecule has 1 N–H and O–H groups in total. The fourth-order valence-electron chi connectivity index (χ4n) is 4.27. The van der Waals surface area contributed by atoms with Crippen molar-refractivity contribution in [2.24, 2.45) is 17.8 Å². The van der Waals surface area contributed by atoms with E-state index in [0.717, 1.165) is 36.4 Å². The highest BCUT2D eigenvalue weighted by Crippen LogP contribution is 2.37. The molecule has 2 rings (SSSR count). The Morgan fingerprint density at radius 3 is 2.30 bits per heavy atom. The van der Waals surface area contributed by atoms with Gasteiger partial charge in [-0.05, 0) is 70.0 Å². The van der Waals surface area contributed by atoms with Crippen molar-refractivity contribution in [3.8, 4) is 0 Å². The van der Waals surface area contributed by atoms with E-state index in [2.05, 4.69) is 37.9 Å². The van der Waals surface area contributed by atoms with Gasteiger partial charge in [0.25, 0.3) is 0 Å². The molecule has 2 fully saturated rings. The summed E-state index contributed by atoms with van der Waals surface area (Å²) in [7, 11) is 0. The Kier molecular flexibility index (Phi) is 6.35. The molecular formula is C18H36N2. The smallest absolute Gasteiger partial charge is 0.0127 e. The fourth-order valence-corrected chi connectivity index (χ4v) is 4.27. The summed E-state index contributed by atoms with van der Waals surface area (Å²) in [5.41, 5.74) is 0. The van der Waals surface area contributed by atoms with Crippen molar-refractivity contribution in [2.75, 3.05) is 19.6 Å². The Balaban J connectivity index is 1.81. The second-order valence-electron chi connectivity index (χ2n) is 7.76. The SMILES string of the molecule is CC(C)CNCC(C)C(C)N1CCCC1C1CCCC1. The van der Waals surface area contributed by atoms with E-state index in [-0.39, 0.29) is 0 Å². The van der Waals surface area contributed by atoms with Crippen molar-refractivity contribution < 1.29 is 0 Å². The maximum Gasteiger partial charge on any atom is 0.0127 e. The molecule has 118 valence electrons. The van der Waals surface area contributed by atoms with Crippen LogP contribution in [0.3, 0.4) is 0 Å². The van der Waals surface area contributed by atoms with Gasteiger partial charge in [0.1, 0.15) is 0 Å². The van der Waals surface area contributed by atoms with E-state index in [0.29, 0.717) is 0 Å². The summed E-state index contributed by atoms with van der Waals surface area (Å²) < 4.78 is 0. The molecule has 2 heteroatoms. The molecule has 2 aliphatic rings. The maximum atomic E-state index is 3.65. The molecular weight excluding hydrogens is 244 g/mol. The summed E-state index contributed by atoms with van der Waals surface area (Å²) >= 11 is 0. The second kappa shape index (κ2) is 7.79. The first-order valence-electron chi connectivity index (χ1n) is 9.06. The first-order chi connectivity index (χ1) is 9.59. The first-order valence-corrected chi connectivity index (χ1v) is 9.06. The van der Waals surface area contributed by atoms with Gasteiger partial charge in [-0.1, -0.05) is 33.6 Å². The molecule has 0 spiro atoms. The van der Waals surface area contributed by atoms with Crippen molar-refractivity contribution in [3.63, 3.8) is 0 Å². The van der Waals surface area contributed by atoms with E-state index in [4.69, 9.17) is 0 Å². The summed E-state index contributed by atoms with van der Waals surface area (Å²) in [6, 6.07) is 1.64. The van der Waals surface area contributed by atoms with Gasteiger partial charge in [0.15, 0.2) is 0 Å². The lowest BCUT2D eigenvalue weighted by atomic mass is 9.93. The molecule has 0 radical (unpaired) electrons. The normalized spacial score (nSPS) is 28.4. The van der Waals surface area contributed by atoms with Crippen LogP contribution in [-0.4, -0.2) is 36.6 Å². The van der Waals surface area contributed by atoms with Gasteiger partial charge in [0.05, 0.1) is 0 Å². The summed E-state index contributed by atoms with van der Waals surface area (Å²) in [5.74, 6) is 2.53. The molecule has 1 saturated heterocycles. The summed E-state index contributed by atoms with van der Waals surface area (Å²) in [5, 5.41) is 3.65. The van der Waals surface area contributed by atoms with Crippen LogP contribution in [0.4, 0.5) is 0 Å². The number of nitrogens with zero attached hydrogens (tertiary/aromatic N) is 1. The number of rotatable bonds is 7. The third-order valence-corrected chi connectivity index (χ3v) is 5.65. The van der Waals surface area contributed by atoms with Crippen LogP contribution in [0.2, 0.25) is 0 Å². The zero-order valence-electron chi connectivity index (χ0n) is 14.2. The quantitative estimate of drug-likeness (QED) is 0.760. The van der Waals surface area contributed by atoms with Crippen LogP contribution in [0.15, 0.2) is 0 Å². The molecule has 0 aromatic carbocycles. The molecule has 20 heavy (non-hydrogen) atoms. The van der Waals surface area contributed by atoms with Crippen molar-refractivity contribution in [1.82, 2.24) is 10.2 Å². The lowest BCUT2D eigenvalue weighted by molar-refractivity contribution is 0.110. The van der Waals surface area contributed by atoms with Crippen molar-refractivity contribution in [3.05, 3.63) is 0 Å². The molecule has 0 aromatic rings. The zero-order valence-corrected chi connectivity index (χ0v) is 14.2. The minimum atomic E-state index is 0.739. The van der Waals surface area contributed by atoms with E-state index in [1.165, 1.54) is 51.6 Å². The number of hydrogen-bond donors (Lipinski definition) is 1. The van der Waals surface area contributed by atoms with Crippen LogP contribution in [0, 0.1) is 17.8 Å². The topological polar surface area (TPSA) is 15.3 Å². The van der Waals surface area contributed by atoms with Crippen LogP contribution in [-0.2, 0) is 0 Å². The van der Waals surface area contributed by atoms with Gasteiger partial charge in [-0.3, -0.25) is 4.90 Å². The van der Waals surface area contributed by atoms with Gasteiger partial charge in [-0.25, -0.2) is 0 Å². The molecule has 1 saturated carbocycles. The van der Waals surface area contributed by atoms with Crippen molar-refractivity contribution in [1.29, 1.82) is 0 Å². The van der Waals surface area contributed by atoms with Gasteiger partial charge in [0, 0.05) is 12.1 Å². The van der Waals surface area contributed by atoms with Gasteiger partial charge in [-0.2, -0.15) is 0 Å². The first kappa shape index (κ1) is 16.3. The van der Waals surface area contributed by atoms with Gasteiger partial charge >= 0.3 is 0 Å². The molecule has 3 atom stereocenters. The van der Waals surface area contributed by atoms with Crippen LogP contribution in [0.5, 0.6) is 0 Å². The largest absolute Gasteiger partial charge is 0.316 e. The van der Waals surface area contributed by atoms with E-state index in [1.54, 1.807) is 0 Å². The van der Waals surface area contributed by atoms with Crippen LogP contribution in [0.25, 0.3) is 0 Å². The molecule has 0 aromatic heterocycles. The fraction of sp³-hybridized carbons (Fsp3) is 1.00. The summed E-state index contributed by atoms with van der Waals surface area (Å²) in [4.78, 5) is 2.86. The van der Waals surface area contributed by atoms with Crippen LogP contribution < -0.4 is 5.32 Å². The molecule has 3 unspecified atom stereocenters. The Morgan fingerprint density at radius 1 is 0.950 bits per heavy atom. The average Bonchev–Trinajstić information content (AvgIpc) is 3.07. The van der Waals surface area contributed by atoms with Gasteiger partial charge in [-0.15, -0.1) is 0 Å². The van der Waals surface area contributed by atoms with Crippen LogP contribution in [0.1, 0.15) is 66.2 Å². The Labute approximate surface area is 126 Å². The summed E-state index contributed by atoms with van der Waals surface area (Å²) in [6.07, 6.45) is 8.84.